The quantitative estimate of drug-likeness (QED) is 0.346. The van der Waals surface area contributed by atoms with Crippen LogP contribution in [-0.2, 0) is 12.8 Å². The van der Waals surface area contributed by atoms with Gasteiger partial charge in [0, 0.05) is 10.6 Å². The Labute approximate surface area is 176 Å². The number of ether oxygens (including phenoxy) is 2. The number of methoxy groups -OCH3 is 1. The number of hydrogen-bond acceptors (Lipinski definition) is 4. The van der Waals surface area contributed by atoms with Crippen LogP contribution in [0.1, 0.15) is 16.7 Å². The highest BCUT2D eigenvalue weighted by Gasteiger charge is 2.33. The number of benzene rings is 3. The number of alkyl halides is 3. The molecular weight excluding hydrogens is 417 g/mol. The van der Waals surface area contributed by atoms with Gasteiger partial charge in [-0.15, -0.1) is 0 Å². The molecule has 0 heterocycles. The van der Waals surface area contributed by atoms with E-state index in [0.29, 0.717) is 22.1 Å². The summed E-state index contributed by atoms with van der Waals surface area (Å²) >= 11 is 6.13. The number of halogens is 4. The van der Waals surface area contributed by atoms with E-state index in [9.17, 15) is 13.2 Å². The molecule has 0 aliphatic carbocycles. The van der Waals surface area contributed by atoms with Gasteiger partial charge in [-0.3, -0.25) is 5.43 Å². The maximum Gasteiger partial charge on any atom is 0.418 e. The highest BCUT2D eigenvalue weighted by Crippen LogP contribution is 2.34. The number of hydrogen-bond donors (Lipinski definition) is 1. The van der Waals surface area contributed by atoms with Crippen LogP contribution in [-0.4, -0.2) is 13.3 Å². The minimum absolute atomic E-state index is 0.132. The minimum Gasteiger partial charge on any atom is -0.493 e. The zero-order valence-corrected chi connectivity index (χ0v) is 16.7. The lowest BCUT2D eigenvalue weighted by Crippen LogP contribution is -2.08. The maximum atomic E-state index is 13.0. The summed E-state index contributed by atoms with van der Waals surface area (Å²) in [5.74, 6) is 0.964. The number of rotatable bonds is 7. The standard InChI is InChI=1S/C22H18ClF3N2O2/c1-29-21-12-15(10-11-20(21)30-14-16-6-2-4-8-18(16)23)13-27-28-19-9-5-3-7-17(19)22(24,25)26/h2-13,28H,14H2,1H3. The minimum atomic E-state index is -4.47. The van der Waals surface area contributed by atoms with Crippen LogP contribution in [0.4, 0.5) is 18.9 Å². The first-order chi connectivity index (χ1) is 14.4. The van der Waals surface area contributed by atoms with Crippen molar-refractivity contribution in [2.75, 3.05) is 12.5 Å². The first-order valence-corrected chi connectivity index (χ1v) is 9.26. The van der Waals surface area contributed by atoms with E-state index in [-0.39, 0.29) is 12.3 Å². The van der Waals surface area contributed by atoms with Crippen LogP contribution in [0, 0.1) is 0 Å². The molecule has 3 aromatic carbocycles. The molecule has 0 aliphatic rings. The van der Waals surface area contributed by atoms with E-state index >= 15 is 0 Å². The van der Waals surface area contributed by atoms with Gasteiger partial charge >= 0.3 is 6.18 Å². The summed E-state index contributed by atoms with van der Waals surface area (Å²) in [7, 11) is 1.50. The van der Waals surface area contributed by atoms with Gasteiger partial charge in [-0.1, -0.05) is 41.9 Å². The maximum absolute atomic E-state index is 13.0. The molecule has 0 fully saturated rings. The zero-order valence-electron chi connectivity index (χ0n) is 15.9. The first-order valence-electron chi connectivity index (χ1n) is 8.88. The molecule has 156 valence electrons. The van der Waals surface area contributed by atoms with Gasteiger partial charge in [-0.05, 0) is 42.0 Å². The molecule has 30 heavy (non-hydrogen) atoms. The highest BCUT2D eigenvalue weighted by molar-refractivity contribution is 6.31. The first kappa shape index (κ1) is 21.5. The summed E-state index contributed by atoms with van der Waals surface area (Å²) in [6.07, 6.45) is -3.07. The van der Waals surface area contributed by atoms with Crippen molar-refractivity contribution in [1.82, 2.24) is 0 Å². The fourth-order valence-corrected chi connectivity index (χ4v) is 2.85. The second kappa shape index (κ2) is 9.54. The third-order valence-electron chi connectivity index (χ3n) is 4.16. The van der Waals surface area contributed by atoms with Crippen molar-refractivity contribution in [2.45, 2.75) is 12.8 Å². The third-order valence-corrected chi connectivity index (χ3v) is 4.53. The molecule has 0 spiro atoms. The van der Waals surface area contributed by atoms with Crippen LogP contribution in [0.5, 0.6) is 11.5 Å². The number of nitrogens with one attached hydrogen (secondary N) is 1. The Bertz CT molecular complexity index is 1040. The molecule has 0 bridgehead atoms. The Morgan fingerprint density at radius 2 is 1.73 bits per heavy atom. The van der Waals surface area contributed by atoms with E-state index in [4.69, 9.17) is 21.1 Å². The van der Waals surface area contributed by atoms with Gasteiger partial charge in [-0.25, -0.2) is 0 Å². The van der Waals surface area contributed by atoms with Crippen molar-refractivity contribution in [2.24, 2.45) is 5.10 Å². The summed E-state index contributed by atoms with van der Waals surface area (Å²) in [6.45, 7) is 0.263. The molecule has 0 radical (unpaired) electrons. The van der Waals surface area contributed by atoms with Gasteiger partial charge in [0.05, 0.1) is 24.6 Å². The molecule has 4 nitrogen and oxygen atoms in total. The second-order valence-electron chi connectivity index (χ2n) is 6.20. The third kappa shape index (κ3) is 5.45. The molecule has 0 amide bonds. The average molecular weight is 435 g/mol. The fourth-order valence-electron chi connectivity index (χ4n) is 2.66. The summed E-state index contributed by atoms with van der Waals surface area (Å²) in [4.78, 5) is 0. The summed E-state index contributed by atoms with van der Waals surface area (Å²) in [5.41, 5.74) is 2.97. The zero-order chi connectivity index (χ0) is 21.6. The number of para-hydroxylation sites is 1. The summed E-state index contributed by atoms with van der Waals surface area (Å²) in [6, 6.07) is 17.5. The van der Waals surface area contributed by atoms with Crippen LogP contribution < -0.4 is 14.9 Å². The molecule has 8 heteroatoms. The molecular formula is C22H18ClF3N2O2. The van der Waals surface area contributed by atoms with Gasteiger partial charge in [0.2, 0.25) is 0 Å². The van der Waals surface area contributed by atoms with E-state index < -0.39 is 11.7 Å². The lowest BCUT2D eigenvalue weighted by atomic mass is 10.2. The number of nitrogens with zero attached hydrogens (tertiary/aromatic N) is 1. The highest BCUT2D eigenvalue weighted by atomic mass is 35.5. The molecule has 0 aliphatic heterocycles. The van der Waals surface area contributed by atoms with Crippen molar-refractivity contribution in [3.05, 3.63) is 88.4 Å². The van der Waals surface area contributed by atoms with Crippen molar-refractivity contribution >= 4 is 23.5 Å². The predicted molar refractivity (Wildman–Crippen MR) is 111 cm³/mol. The molecule has 0 atom stereocenters. The monoisotopic (exact) mass is 434 g/mol. The average Bonchev–Trinajstić information content (AvgIpc) is 2.73. The number of anilines is 1. The molecule has 1 N–H and O–H groups in total. The van der Waals surface area contributed by atoms with Gasteiger partial charge in [0.15, 0.2) is 11.5 Å². The van der Waals surface area contributed by atoms with Crippen molar-refractivity contribution < 1.29 is 22.6 Å². The molecule has 3 aromatic rings. The van der Waals surface area contributed by atoms with E-state index in [1.54, 1.807) is 24.3 Å². The lowest BCUT2D eigenvalue weighted by molar-refractivity contribution is -0.136. The van der Waals surface area contributed by atoms with E-state index in [1.807, 2.05) is 18.2 Å². The topological polar surface area (TPSA) is 42.8 Å². The largest absolute Gasteiger partial charge is 0.493 e. The second-order valence-corrected chi connectivity index (χ2v) is 6.61. The van der Waals surface area contributed by atoms with Crippen LogP contribution in [0.2, 0.25) is 5.02 Å². The Kier molecular flexibility index (Phi) is 6.84. The Hall–Kier alpha value is -3.19. The SMILES string of the molecule is COc1cc(C=NNc2ccccc2C(F)(F)F)ccc1OCc1ccccc1Cl. The molecule has 3 rings (SSSR count). The van der Waals surface area contributed by atoms with Gasteiger partial charge in [0.1, 0.15) is 6.61 Å². The summed E-state index contributed by atoms with van der Waals surface area (Å²) < 4.78 is 50.2. The summed E-state index contributed by atoms with van der Waals surface area (Å²) in [5, 5.41) is 4.51. The van der Waals surface area contributed by atoms with Gasteiger partial charge < -0.3 is 9.47 Å². The molecule has 0 unspecified atom stereocenters. The van der Waals surface area contributed by atoms with Crippen LogP contribution >= 0.6 is 11.6 Å². The van der Waals surface area contributed by atoms with E-state index in [1.165, 1.54) is 31.5 Å². The predicted octanol–water partition coefficient (Wildman–Crippen LogP) is 6.39. The Balaban J connectivity index is 1.70. The van der Waals surface area contributed by atoms with Crippen molar-refractivity contribution in [3.63, 3.8) is 0 Å². The van der Waals surface area contributed by atoms with Crippen molar-refractivity contribution in [1.29, 1.82) is 0 Å². The number of hydrazone groups is 1. The molecule has 0 saturated carbocycles. The van der Waals surface area contributed by atoms with Crippen LogP contribution in [0.3, 0.4) is 0 Å². The van der Waals surface area contributed by atoms with Gasteiger partial charge in [-0.2, -0.15) is 18.3 Å². The molecule has 0 saturated heterocycles. The van der Waals surface area contributed by atoms with E-state index in [2.05, 4.69) is 10.5 Å². The smallest absolute Gasteiger partial charge is 0.418 e. The van der Waals surface area contributed by atoms with Gasteiger partial charge in [0.25, 0.3) is 0 Å². The normalized spacial score (nSPS) is 11.5. The van der Waals surface area contributed by atoms with E-state index in [0.717, 1.165) is 11.6 Å². The van der Waals surface area contributed by atoms with Crippen molar-refractivity contribution in [3.8, 4) is 11.5 Å². The fraction of sp³-hybridized carbons (Fsp3) is 0.136. The Morgan fingerprint density at radius 3 is 2.47 bits per heavy atom. The van der Waals surface area contributed by atoms with Crippen LogP contribution in [0.15, 0.2) is 71.8 Å². The van der Waals surface area contributed by atoms with Crippen LogP contribution in [0.25, 0.3) is 0 Å². The Morgan fingerprint density at radius 1 is 1.00 bits per heavy atom. The lowest BCUT2D eigenvalue weighted by Gasteiger charge is -2.12. The molecule has 0 aromatic heterocycles.